The maximum absolute atomic E-state index is 9.00. The third-order valence-electron chi connectivity index (χ3n) is 0.762. The summed E-state index contributed by atoms with van der Waals surface area (Å²) in [5, 5.41) is 25.2. The van der Waals surface area contributed by atoms with Gasteiger partial charge >= 0.3 is 0 Å². The second-order valence-corrected chi connectivity index (χ2v) is 3.04. The molecule has 0 aliphatic rings. The lowest BCUT2D eigenvalue weighted by atomic mass is 10.6. The van der Waals surface area contributed by atoms with Crippen molar-refractivity contribution in [2.24, 2.45) is 0 Å². The van der Waals surface area contributed by atoms with Crippen molar-refractivity contribution in [3.63, 3.8) is 0 Å². The highest BCUT2D eigenvalue weighted by Crippen LogP contribution is 1.62. The number of nitrogens with one attached hydrogen (secondary N) is 2. The molecule has 9 nitrogen and oxygen atoms in total. The summed E-state index contributed by atoms with van der Waals surface area (Å²) in [6.07, 6.45) is 1.66. The second kappa shape index (κ2) is 26.4. The van der Waals surface area contributed by atoms with Gasteiger partial charge in [-0.05, 0) is 13.1 Å². The van der Waals surface area contributed by atoms with E-state index in [1.54, 1.807) is 6.20 Å². The molecular formula is C12H26N2O7. The van der Waals surface area contributed by atoms with Gasteiger partial charge in [0.2, 0.25) is 0 Å². The lowest BCUT2D eigenvalue weighted by Gasteiger charge is -2.01. The van der Waals surface area contributed by atoms with Crippen LogP contribution in [0.2, 0.25) is 0 Å². The first-order valence-electron chi connectivity index (χ1n) is 5.89. The molecular weight excluding hydrogens is 284 g/mol. The fraction of sp³-hybridized carbons (Fsp3) is 0.583. The Morgan fingerprint density at radius 2 is 1.33 bits per heavy atom. The average Bonchev–Trinajstić information content (AvgIpc) is 2.26. The highest BCUT2D eigenvalue weighted by atomic mass is 16.6. The van der Waals surface area contributed by atoms with E-state index in [0.29, 0.717) is 6.61 Å². The molecule has 0 aliphatic carbocycles. The van der Waals surface area contributed by atoms with Crippen LogP contribution in [0.25, 0.3) is 0 Å². The van der Waals surface area contributed by atoms with Gasteiger partial charge in [0.05, 0.1) is 6.61 Å². The largest absolute Gasteiger partial charge is 0.481 e. The summed E-state index contributed by atoms with van der Waals surface area (Å²) < 4.78 is 0. The molecule has 5 N–H and O–H groups in total. The van der Waals surface area contributed by atoms with Gasteiger partial charge in [-0.2, -0.15) is 0 Å². The molecule has 0 heterocycles. The summed E-state index contributed by atoms with van der Waals surface area (Å²) in [5.41, 5.74) is 2.76. The van der Waals surface area contributed by atoms with E-state index in [1.807, 2.05) is 6.92 Å². The van der Waals surface area contributed by atoms with Crippen LogP contribution in [0.1, 0.15) is 27.7 Å². The third kappa shape index (κ3) is 301. The summed E-state index contributed by atoms with van der Waals surface area (Å²) in [4.78, 5) is 31.9. The molecule has 0 aromatic heterocycles. The highest BCUT2D eigenvalue weighted by molar-refractivity contribution is 5.63. The lowest BCUT2D eigenvalue weighted by Crippen LogP contribution is -2.24. The van der Waals surface area contributed by atoms with E-state index in [-0.39, 0.29) is 0 Å². The number of hydroxylamine groups is 1. The molecule has 0 aliphatic heterocycles. The molecule has 0 fully saturated rings. The smallest absolute Gasteiger partial charge is 0.300 e. The molecule has 0 rings (SSSR count). The summed E-state index contributed by atoms with van der Waals surface area (Å²) in [5.74, 6) is -2.50. The predicted molar refractivity (Wildman–Crippen MR) is 77.8 cm³/mol. The minimum Gasteiger partial charge on any atom is -0.481 e. The van der Waals surface area contributed by atoms with Crippen LogP contribution in [0.3, 0.4) is 0 Å². The Balaban J connectivity index is -0.000000102. The van der Waals surface area contributed by atoms with Gasteiger partial charge in [0.15, 0.2) is 0 Å². The molecule has 0 bridgehead atoms. The quantitative estimate of drug-likeness (QED) is 0.350. The van der Waals surface area contributed by atoms with E-state index >= 15 is 0 Å². The van der Waals surface area contributed by atoms with Crippen molar-refractivity contribution in [2.45, 2.75) is 27.7 Å². The number of aliphatic carboxylic acids is 3. The Labute approximate surface area is 124 Å². The standard InChI is InChI=1S/C6H14N2O.3C2H4O2/c1-3-7-5-6-8-9-4-2;3*1-2(3)4/h3,7-8H,1,4-6H2,2H3;3*1H3,(H,3,4). The van der Waals surface area contributed by atoms with Gasteiger partial charge in [-0.25, -0.2) is 5.48 Å². The molecule has 0 amide bonds. The second-order valence-electron chi connectivity index (χ2n) is 3.04. The molecule has 0 saturated heterocycles. The maximum atomic E-state index is 9.00. The summed E-state index contributed by atoms with van der Waals surface area (Å²) in [6.45, 7) is 11.0. The van der Waals surface area contributed by atoms with Gasteiger partial charge in [0.1, 0.15) is 0 Å². The molecule has 0 spiro atoms. The Morgan fingerprint density at radius 3 is 1.57 bits per heavy atom. The monoisotopic (exact) mass is 310 g/mol. The predicted octanol–water partition coefficient (Wildman–Crippen LogP) is 0.533. The van der Waals surface area contributed by atoms with Gasteiger partial charge in [0, 0.05) is 33.9 Å². The van der Waals surface area contributed by atoms with Crippen molar-refractivity contribution in [2.75, 3.05) is 19.7 Å². The third-order valence-corrected chi connectivity index (χ3v) is 0.762. The van der Waals surface area contributed by atoms with Crippen LogP contribution in [-0.4, -0.2) is 52.9 Å². The molecule has 126 valence electrons. The van der Waals surface area contributed by atoms with E-state index in [0.717, 1.165) is 33.9 Å². The van der Waals surface area contributed by atoms with Gasteiger partial charge < -0.3 is 25.5 Å². The van der Waals surface area contributed by atoms with Crippen molar-refractivity contribution >= 4 is 17.9 Å². The minimum atomic E-state index is -0.833. The van der Waals surface area contributed by atoms with E-state index < -0.39 is 17.9 Å². The van der Waals surface area contributed by atoms with Gasteiger partial charge in [-0.15, -0.1) is 0 Å². The van der Waals surface area contributed by atoms with Crippen LogP contribution in [0.15, 0.2) is 12.8 Å². The van der Waals surface area contributed by atoms with Crippen LogP contribution in [-0.2, 0) is 19.2 Å². The Morgan fingerprint density at radius 1 is 1.00 bits per heavy atom. The molecule has 0 saturated carbocycles. The van der Waals surface area contributed by atoms with Crippen LogP contribution in [0, 0.1) is 0 Å². The lowest BCUT2D eigenvalue weighted by molar-refractivity contribution is -0.135. The Bertz CT molecular complexity index is 230. The van der Waals surface area contributed by atoms with E-state index in [2.05, 4.69) is 17.4 Å². The van der Waals surface area contributed by atoms with Crippen LogP contribution in [0.5, 0.6) is 0 Å². The highest BCUT2D eigenvalue weighted by Gasteiger charge is 1.79. The first-order chi connectivity index (χ1) is 9.61. The number of carboxylic acid groups (broad SMARTS) is 3. The average molecular weight is 310 g/mol. The zero-order valence-corrected chi connectivity index (χ0v) is 12.9. The molecule has 0 unspecified atom stereocenters. The van der Waals surface area contributed by atoms with E-state index in [1.165, 1.54) is 0 Å². The molecule has 0 atom stereocenters. The molecule has 0 aromatic rings. The van der Waals surface area contributed by atoms with E-state index in [9.17, 15) is 0 Å². The van der Waals surface area contributed by atoms with Crippen molar-refractivity contribution in [3.05, 3.63) is 12.8 Å². The summed E-state index contributed by atoms with van der Waals surface area (Å²) in [7, 11) is 0. The number of carboxylic acids is 3. The van der Waals surface area contributed by atoms with Gasteiger partial charge in [-0.3, -0.25) is 14.4 Å². The minimum absolute atomic E-state index is 0.702. The van der Waals surface area contributed by atoms with Gasteiger partial charge in [0.25, 0.3) is 17.9 Å². The molecule has 9 heteroatoms. The van der Waals surface area contributed by atoms with Crippen molar-refractivity contribution < 1.29 is 34.5 Å². The molecule has 0 radical (unpaired) electrons. The maximum Gasteiger partial charge on any atom is 0.300 e. The molecule has 0 aromatic carbocycles. The van der Waals surface area contributed by atoms with Crippen LogP contribution >= 0.6 is 0 Å². The number of carbonyl (C=O) groups is 3. The first kappa shape index (κ1) is 27.3. The number of hydrogen-bond acceptors (Lipinski definition) is 6. The van der Waals surface area contributed by atoms with Crippen molar-refractivity contribution in [1.82, 2.24) is 10.8 Å². The normalized spacial score (nSPS) is 7.43. The zero-order chi connectivity index (χ0) is 17.7. The van der Waals surface area contributed by atoms with E-state index in [4.69, 9.17) is 34.5 Å². The van der Waals surface area contributed by atoms with Crippen molar-refractivity contribution in [3.8, 4) is 0 Å². The first-order valence-corrected chi connectivity index (χ1v) is 5.89. The Kier molecular flexibility index (Phi) is 34.3. The fourth-order valence-electron chi connectivity index (χ4n) is 0.399. The fourth-order valence-corrected chi connectivity index (χ4v) is 0.399. The van der Waals surface area contributed by atoms with Crippen molar-refractivity contribution in [1.29, 1.82) is 0 Å². The number of rotatable bonds is 6. The number of hydrogen-bond donors (Lipinski definition) is 5. The van der Waals surface area contributed by atoms with Gasteiger partial charge in [-0.1, -0.05) is 6.58 Å². The molecule has 21 heavy (non-hydrogen) atoms. The SMILES string of the molecule is C=CNCCNOCC.CC(=O)O.CC(=O)O.CC(=O)O. The van der Waals surface area contributed by atoms with Crippen LogP contribution < -0.4 is 10.8 Å². The van der Waals surface area contributed by atoms with Crippen LogP contribution in [0.4, 0.5) is 0 Å². The Hall–Kier alpha value is -2.13. The summed E-state index contributed by atoms with van der Waals surface area (Å²) >= 11 is 0. The topological polar surface area (TPSA) is 145 Å². The summed E-state index contributed by atoms with van der Waals surface area (Å²) in [6, 6.07) is 0. The zero-order valence-electron chi connectivity index (χ0n) is 12.9.